The van der Waals surface area contributed by atoms with Gasteiger partial charge in [-0.3, -0.25) is 4.79 Å². The topological polar surface area (TPSA) is 55.0 Å². The van der Waals surface area contributed by atoms with Gasteiger partial charge in [0.2, 0.25) is 0 Å². The monoisotopic (exact) mass is 276 g/mol. The van der Waals surface area contributed by atoms with E-state index in [1.165, 1.54) is 30.8 Å². The molecule has 1 aromatic carbocycles. The Labute approximate surface area is 111 Å². The lowest BCUT2D eigenvalue weighted by molar-refractivity contribution is 0.413. The van der Waals surface area contributed by atoms with Crippen molar-refractivity contribution in [3.8, 4) is 16.2 Å². The van der Waals surface area contributed by atoms with E-state index in [1.54, 1.807) is 18.2 Å². The highest BCUT2D eigenvalue weighted by atomic mass is 32.1. The van der Waals surface area contributed by atoms with Crippen molar-refractivity contribution < 1.29 is 9.13 Å². The summed E-state index contributed by atoms with van der Waals surface area (Å²) >= 11 is 1.19. The molecule has 0 aliphatic rings. The van der Waals surface area contributed by atoms with Crippen molar-refractivity contribution in [2.45, 2.75) is 0 Å². The molecule has 0 saturated heterocycles. The van der Waals surface area contributed by atoms with E-state index < -0.39 is 0 Å². The van der Waals surface area contributed by atoms with Gasteiger partial charge in [0.15, 0.2) is 0 Å². The lowest BCUT2D eigenvalue weighted by atomic mass is 10.1. The van der Waals surface area contributed by atoms with Crippen LogP contribution in [0.3, 0.4) is 0 Å². The molecule has 0 saturated carbocycles. The lowest BCUT2D eigenvalue weighted by Gasteiger charge is -2.06. The van der Waals surface area contributed by atoms with Crippen LogP contribution in [0.2, 0.25) is 0 Å². The van der Waals surface area contributed by atoms with E-state index in [2.05, 4.69) is 9.97 Å². The van der Waals surface area contributed by atoms with Crippen LogP contribution in [0.5, 0.6) is 5.75 Å². The molecule has 2 aromatic heterocycles. The number of rotatable bonds is 2. The Balaban J connectivity index is 2.31. The number of hydrogen-bond donors (Lipinski definition) is 1. The Kier molecular flexibility index (Phi) is 2.79. The number of hydrogen-bond acceptors (Lipinski definition) is 4. The predicted molar refractivity (Wildman–Crippen MR) is 72.2 cm³/mol. The number of halogens is 1. The molecule has 0 atom stereocenters. The third-order valence-electron chi connectivity index (χ3n) is 2.76. The maximum absolute atomic E-state index is 14.0. The maximum Gasteiger partial charge on any atom is 0.268 e. The second-order valence-electron chi connectivity index (χ2n) is 3.87. The summed E-state index contributed by atoms with van der Waals surface area (Å²) in [5, 5.41) is 0. The van der Waals surface area contributed by atoms with Crippen LogP contribution in [0.15, 0.2) is 35.4 Å². The summed E-state index contributed by atoms with van der Waals surface area (Å²) in [6.07, 6.45) is 1.33. The van der Waals surface area contributed by atoms with E-state index in [1.807, 2.05) is 0 Å². The highest BCUT2D eigenvalue weighted by molar-refractivity contribution is 7.22. The Morgan fingerprint density at radius 1 is 1.42 bits per heavy atom. The van der Waals surface area contributed by atoms with Gasteiger partial charge in [0.25, 0.3) is 5.56 Å². The maximum atomic E-state index is 14.0. The number of fused-ring (bicyclic) bond motifs is 1. The number of thiophene rings is 1. The number of benzene rings is 1. The number of aromatic amines is 1. The van der Waals surface area contributed by atoms with Crippen LogP contribution in [0, 0.1) is 5.82 Å². The number of nitrogens with zero attached hydrogens (tertiary/aromatic N) is 1. The Bertz CT molecular complexity index is 810. The van der Waals surface area contributed by atoms with Gasteiger partial charge in [0.05, 0.1) is 24.5 Å². The fraction of sp³-hybridized carbons (Fsp3) is 0.0769. The molecule has 4 nitrogen and oxygen atoms in total. The van der Waals surface area contributed by atoms with Gasteiger partial charge in [-0.05, 0) is 18.2 Å². The zero-order valence-electron chi connectivity index (χ0n) is 9.94. The first kappa shape index (κ1) is 11.9. The molecule has 0 unspecified atom stereocenters. The average molecular weight is 276 g/mol. The molecule has 19 heavy (non-hydrogen) atoms. The van der Waals surface area contributed by atoms with Crippen LogP contribution in [0.4, 0.5) is 4.39 Å². The average Bonchev–Trinajstić information content (AvgIpc) is 2.83. The molecular weight excluding hydrogens is 267 g/mol. The second kappa shape index (κ2) is 4.47. The first-order valence-electron chi connectivity index (χ1n) is 5.51. The summed E-state index contributed by atoms with van der Waals surface area (Å²) in [6, 6.07) is 6.31. The molecule has 1 N–H and O–H groups in total. The van der Waals surface area contributed by atoms with Gasteiger partial charge in [-0.2, -0.15) is 0 Å². The molecule has 3 aromatic rings. The lowest BCUT2D eigenvalue weighted by Crippen LogP contribution is -2.02. The van der Waals surface area contributed by atoms with Gasteiger partial charge < -0.3 is 9.72 Å². The highest BCUT2D eigenvalue weighted by Crippen LogP contribution is 2.38. The molecule has 0 aliphatic carbocycles. The number of nitrogens with one attached hydrogen (secondary N) is 1. The standard InChI is InChI=1S/C13H9FN2O2S/c1-18-9-4-2-3-7(14)11(9)10-5-8-12(19-10)13(17)16-6-15-8/h2-6H,1H3,(H,15,16,17). The summed E-state index contributed by atoms with van der Waals surface area (Å²) in [5.41, 5.74) is 0.679. The molecule has 0 amide bonds. The quantitative estimate of drug-likeness (QED) is 0.783. The number of methoxy groups -OCH3 is 1. The van der Waals surface area contributed by atoms with E-state index in [4.69, 9.17) is 4.74 Å². The zero-order chi connectivity index (χ0) is 13.4. The van der Waals surface area contributed by atoms with E-state index in [0.29, 0.717) is 26.4 Å². The third-order valence-corrected chi connectivity index (χ3v) is 3.90. The van der Waals surface area contributed by atoms with Gasteiger partial charge in [0, 0.05) is 4.88 Å². The first-order valence-corrected chi connectivity index (χ1v) is 6.32. The molecule has 0 spiro atoms. The van der Waals surface area contributed by atoms with E-state index >= 15 is 0 Å². The summed E-state index contributed by atoms with van der Waals surface area (Å²) in [4.78, 5) is 18.8. The van der Waals surface area contributed by atoms with Crippen molar-refractivity contribution in [3.63, 3.8) is 0 Å². The highest BCUT2D eigenvalue weighted by Gasteiger charge is 2.15. The predicted octanol–water partition coefficient (Wildman–Crippen LogP) is 2.80. The summed E-state index contributed by atoms with van der Waals surface area (Å²) in [5.74, 6) is 0.0466. The smallest absolute Gasteiger partial charge is 0.268 e. The SMILES string of the molecule is COc1cccc(F)c1-c1cc2nc[nH]c(=O)c2s1. The van der Waals surface area contributed by atoms with Crippen LogP contribution < -0.4 is 10.3 Å². The van der Waals surface area contributed by atoms with E-state index in [-0.39, 0.29) is 11.4 Å². The molecule has 0 radical (unpaired) electrons. The van der Waals surface area contributed by atoms with Gasteiger partial charge >= 0.3 is 0 Å². The van der Waals surface area contributed by atoms with E-state index in [9.17, 15) is 9.18 Å². The molecular formula is C13H9FN2O2S. The van der Waals surface area contributed by atoms with E-state index in [0.717, 1.165) is 0 Å². The molecule has 0 fully saturated rings. The van der Waals surface area contributed by atoms with Crippen LogP contribution in [-0.2, 0) is 0 Å². The molecule has 0 aliphatic heterocycles. The van der Waals surface area contributed by atoms with Crippen molar-refractivity contribution in [1.82, 2.24) is 9.97 Å². The minimum Gasteiger partial charge on any atom is -0.496 e. The van der Waals surface area contributed by atoms with Crippen LogP contribution >= 0.6 is 11.3 Å². The van der Waals surface area contributed by atoms with Crippen LogP contribution in [0.25, 0.3) is 20.7 Å². The van der Waals surface area contributed by atoms with Crippen molar-refractivity contribution in [1.29, 1.82) is 0 Å². The molecule has 96 valence electrons. The molecule has 2 heterocycles. The second-order valence-corrected chi connectivity index (χ2v) is 4.93. The Morgan fingerprint density at radius 3 is 3.00 bits per heavy atom. The zero-order valence-corrected chi connectivity index (χ0v) is 10.8. The number of H-pyrrole nitrogens is 1. The van der Waals surface area contributed by atoms with Crippen molar-refractivity contribution in [3.05, 3.63) is 46.8 Å². The normalized spacial score (nSPS) is 10.8. The van der Waals surface area contributed by atoms with Gasteiger partial charge in [-0.25, -0.2) is 9.37 Å². The van der Waals surface area contributed by atoms with Gasteiger partial charge in [0.1, 0.15) is 16.3 Å². The fourth-order valence-corrected chi connectivity index (χ4v) is 2.96. The largest absolute Gasteiger partial charge is 0.496 e. The van der Waals surface area contributed by atoms with Crippen molar-refractivity contribution in [2.75, 3.05) is 7.11 Å². The Hall–Kier alpha value is -2.21. The van der Waals surface area contributed by atoms with Crippen molar-refractivity contribution in [2.24, 2.45) is 0 Å². The van der Waals surface area contributed by atoms with Gasteiger partial charge in [-0.1, -0.05) is 6.07 Å². The summed E-state index contributed by atoms with van der Waals surface area (Å²) in [7, 11) is 1.48. The first-order chi connectivity index (χ1) is 9.20. The fourth-order valence-electron chi connectivity index (χ4n) is 1.90. The number of ether oxygens (including phenoxy) is 1. The Morgan fingerprint density at radius 2 is 2.26 bits per heavy atom. The summed E-state index contributed by atoms with van der Waals surface area (Å²) < 4.78 is 19.6. The third kappa shape index (κ3) is 1.90. The van der Waals surface area contributed by atoms with Crippen LogP contribution in [-0.4, -0.2) is 17.1 Å². The summed E-state index contributed by atoms with van der Waals surface area (Å²) in [6.45, 7) is 0. The molecule has 0 bridgehead atoms. The minimum absolute atomic E-state index is 0.225. The molecule has 6 heteroatoms. The van der Waals surface area contributed by atoms with Crippen molar-refractivity contribution >= 4 is 21.6 Å². The van der Waals surface area contributed by atoms with Gasteiger partial charge in [-0.15, -0.1) is 11.3 Å². The number of aromatic nitrogens is 2. The molecule has 3 rings (SSSR count). The minimum atomic E-state index is -0.387. The van der Waals surface area contributed by atoms with Crippen LogP contribution in [0.1, 0.15) is 0 Å².